The van der Waals surface area contributed by atoms with E-state index in [-0.39, 0.29) is 17.9 Å². The van der Waals surface area contributed by atoms with Gasteiger partial charge in [0, 0.05) is 32.2 Å². The van der Waals surface area contributed by atoms with Crippen LogP contribution in [0, 0.1) is 7.11 Å². The maximum atomic E-state index is 5.93. The third kappa shape index (κ3) is 12.0. The molecule has 5 rings (SSSR count). The van der Waals surface area contributed by atoms with Crippen LogP contribution in [0.4, 0.5) is 0 Å². The van der Waals surface area contributed by atoms with E-state index in [4.69, 9.17) is 18.6 Å². The standard InChI is InChI=1S/C56H87B2O4/c1-9-13-17-21-25-29-37-55(38-30-26-22-18-14-10-2)51-41-45(57(59-5)60-6)33-35-47(51)49-44-54-50(43-53(49)55)48-36-34-46(58(61-7)62-8)42-52(48)56(54,39-31-27-23-19-15-11-3)40-32-28-24-20-16-12-4/h33-36,41-44H,5,9-32,37-40H2,1-4,6-8H3/q+1. The Morgan fingerprint density at radius 2 is 0.661 bits per heavy atom. The molecule has 3 aromatic rings. The lowest BCUT2D eigenvalue weighted by Crippen LogP contribution is -2.36. The van der Waals surface area contributed by atoms with Crippen molar-refractivity contribution in [2.75, 3.05) is 21.3 Å². The average Bonchev–Trinajstić information content (AvgIpc) is 3.71. The molecule has 0 fully saturated rings. The van der Waals surface area contributed by atoms with E-state index in [1.54, 1.807) is 32.5 Å². The van der Waals surface area contributed by atoms with Gasteiger partial charge in [-0.1, -0.05) is 218 Å². The topological polar surface area (TPSA) is 36.9 Å². The summed E-state index contributed by atoms with van der Waals surface area (Å²) < 4.78 is 23.4. The minimum Gasteiger partial charge on any atom is -0.410 e. The van der Waals surface area contributed by atoms with E-state index in [0.29, 0.717) is 0 Å². The van der Waals surface area contributed by atoms with E-state index in [0.717, 1.165) is 10.9 Å². The first kappa shape index (κ1) is 50.5. The Kier molecular flexibility index (Phi) is 21.5. The van der Waals surface area contributed by atoms with Crippen LogP contribution in [0.25, 0.3) is 22.3 Å². The van der Waals surface area contributed by atoms with E-state index in [1.165, 1.54) is 213 Å². The third-order valence-corrected chi connectivity index (χ3v) is 15.1. The van der Waals surface area contributed by atoms with Crippen LogP contribution in [0.5, 0.6) is 0 Å². The second-order valence-electron chi connectivity index (χ2n) is 19.3. The highest BCUT2D eigenvalue weighted by Gasteiger charge is 2.48. The largest absolute Gasteiger partial charge is 0.548 e. The van der Waals surface area contributed by atoms with Crippen molar-refractivity contribution >= 4 is 25.2 Å². The maximum Gasteiger partial charge on any atom is 0.548 e. The molecule has 0 saturated carbocycles. The van der Waals surface area contributed by atoms with E-state index >= 15 is 0 Å². The summed E-state index contributed by atoms with van der Waals surface area (Å²) in [6.07, 6.45) is 36.1. The van der Waals surface area contributed by atoms with E-state index in [2.05, 4.69) is 83.3 Å². The van der Waals surface area contributed by atoms with Crippen LogP contribution in [0.15, 0.2) is 48.5 Å². The third-order valence-electron chi connectivity index (χ3n) is 15.1. The zero-order chi connectivity index (χ0) is 44.2. The molecule has 0 aromatic heterocycles. The molecule has 4 nitrogen and oxygen atoms in total. The molecule has 0 spiro atoms. The fourth-order valence-electron chi connectivity index (χ4n) is 11.6. The molecule has 0 heterocycles. The summed E-state index contributed by atoms with van der Waals surface area (Å²) in [7, 11) is 8.25. The molecule has 2 aliphatic carbocycles. The lowest BCUT2D eigenvalue weighted by atomic mass is 9.67. The van der Waals surface area contributed by atoms with Crippen molar-refractivity contribution in [1.82, 2.24) is 0 Å². The number of hydrogen-bond donors (Lipinski definition) is 0. The van der Waals surface area contributed by atoms with Crippen LogP contribution in [-0.4, -0.2) is 35.6 Å². The van der Waals surface area contributed by atoms with Crippen molar-refractivity contribution in [3.05, 3.63) is 77.9 Å². The highest BCUT2D eigenvalue weighted by Crippen LogP contribution is 2.60. The highest BCUT2D eigenvalue weighted by molar-refractivity contribution is 6.61. The Hall–Kier alpha value is -2.50. The van der Waals surface area contributed by atoms with Crippen molar-refractivity contribution < 1.29 is 18.6 Å². The molecule has 62 heavy (non-hydrogen) atoms. The molecule has 2 aliphatic rings. The molecule has 6 heteroatoms. The van der Waals surface area contributed by atoms with Crippen molar-refractivity contribution in [3.63, 3.8) is 0 Å². The van der Waals surface area contributed by atoms with Crippen molar-refractivity contribution in [2.24, 2.45) is 0 Å². The average molecular weight is 846 g/mol. The summed E-state index contributed by atoms with van der Waals surface area (Å²) in [6.45, 7) is 9.29. The molecule has 0 atom stereocenters. The summed E-state index contributed by atoms with van der Waals surface area (Å²) in [6, 6.07) is 19.8. The molecule has 0 saturated heterocycles. The fourth-order valence-corrected chi connectivity index (χ4v) is 11.6. The minimum atomic E-state index is -0.485. The molecule has 340 valence electrons. The Morgan fingerprint density at radius 3 is 0.968 bits per heavy atom. The van der Waals surface area contributed by atoms with Crippen molar-refractivity contribution in [3.8, 4) is 22.3 Å². The van der Waals surface area contributed by atoms with Gasteiger partial charge in [0.05, 0.1) is 0 Å². The minimum absolute atomic E-state index is 0.0516. The molecule has 0 radical (unpaired) electrons. The number of fused-ring (bicyclic) bond motifs is 6. The SMILES string of the molecule is [CH2+]OB(OC)c1ccc2c(c1)C(CCCCCCCC)(CCCCCCCC)c1cc3c(cc1-2)C(CCCCCCCC)(CCCCCCCC)c1cc(B(OC)OC)ccc1-3. The predicted octanol–water partition coefficient (Wildman–Crippen LogP) is 15.4. The predicted molar refractivity (Wildman–Crippen MR) is 269 cm³/mol. The smallest absolute Gasteiger partial charge is 0.410 e. The van der Waals surface area contributed by atoms with Crippen LogP contribution >= 0.6 is 0 Å². The summed E-state index contributed by atoms with van der Waals surface area (Å²) in [5, 5.41) is 0. The molecular weight excluding hydrogens is 758 g/mol. The molecule has 0 unspecified atom stereocenters. The summed E-state index contributed by atoms with van der Waals surface area (Å²) in [5.41, 5.74) is 14.0. The van der Waals surface area contributed by atoms with Gasteiger partial charge in [0.2, 0.25) is 0 Å². The van der Waals surface area contributed by atoms with E-state index in [1.807, 2.05) is 0 Å². The monoisotopic (exact) mass is 846 g/mol. The Balaban J connectivity index is 1.71. The summed E-state index contributed by atoms with van der Waals surface area (Å²) in [4.78, 5) is 0. The first-order valence-corrected chi connectivity index (χ1v) is 25.9. The Bertz CT molecular complexity index is 1590. The van der Waals surface area contributed by atoms with Gasteiger partial charge in [0.15, 0.2) is 7.11 Å². The Labute approximate surface area is 382 Å². The molecule has 0 aliphatic heterocycles. The highest BCUT2D eigenvalue weighted by atomic mass is 16.6. The van der Waals surface area contributed by atoms with E-state index in [9.17, 15) is 0 Å². The fraction of sp³-hybridized carbons (Fsp3) is 0.661. The lowest BCUT2D eigenvalue weighted by Gasteiger charge is -2.35. The van der Waals surface area contributed by atoms with Gasteiger partial charge in [-0.25, -0.2) is 4.65 Å². The van der Waals surface area contributed by atoms with Crippen molar-refractivity contribution in [1.29, 1.82) is 0 Å². The van der Waals surface area contributed by atoms with Crippen LogP contribution in [0.1, 0.15) is 230 Å². The van der Waals surface area contributed by atoms with Crippen LogP contribution in [0.2, 0.25) is 0 Å². The summed E-state index contributed by atoms with van der Waals surface area (Å²) >= 11 is 0. The van der Waals surface area contributed by atoms with Crippen molar-refractivity contribution in [2.45, 2.75) is 218 Å². The van der Waals surface area contributed by atoms with E-state index < -0.39 is 7.12 Å². The van der Waals surface area contributed by atoms with Gasteiger partial charge < -0.3 is 14.0 Å². The van der Waals surface area contributed by atoms with Crippen LogP contribution in [-0.2, 0) is 29.4 Å². The second kappa shape index (κ2) is 26.5. The number of hydrogen-bond acceptors (Lipinski definition) is 4. The maximum absolute atomic E-state index is 5.93. The van der Waals surface area contributed by atoms with Gasteiger partial charge in [0.25, 0.3) is 0 Å². The first-order valence-electron chi connectivity index (χ1n) is 25.9. The number of unbranched alkanes of at least 4 members (excludes halogenated alkanes) is 20. The normalized spacial score (nSPS) is 14.2. The summed E-state index contributed by atoms with van der Waals surface area (Å²) in [5.74, 6) is 0. The zero-order valence-electron chi connectivity index (χ0n) is 40.9. The molecule has 0 bridgehead atoms. The van der Waals surface area contributed by atoms with Gasteiger partial charge in [-0.3, -0.25) is 0 Å². The van der Waals surface area contributed by atoms with Gasteiger partial charge in [0.1, 0.15) is 0 Å². The van der Waals surface area contributed by atoms with Gasteiger partial charge in [-0.15, -0.1) is 0 Å². The zero-order valence-corrected chi connectivity index (χ0v) is 40.9. The number of benzene rings is 3. The second-order valence-corrected chi connectivity index (χ2v) is 19.3. The molecular formula is C56H87B2O4+. The van der Waals surface area contributed by atoms with Crippen LogP contribution in [0.3, 0.4) is 0 Å². The van der Waals surface area contributed by atoms with Crippen LogP contribution < -0.4 is 10.9 Å². The molecule has 3 aromatic carbocycles. The van der Waals surface area contributed by atoms with Gasteiger partial charge in [-0.05, 0) is 93.2 Å². The molecule has 0 amide bonds. The number of rotatable bonds is 34. The lowest BCUT2D eigenvalue weighted by molar-refractivity contribution is 0.292. The molecule has 0 N–H and O–H groups in total. The first-order chi connectivity index (χ1) is 30.4. The quantitative estimate of drug-likeness (QED) is 0.0341. The van der Waals surface area contributed by atoms with Gasteiger partial charge >= 0.3 is 14.2 Å². The van der Waals surface area contributed by atoms with Gasteiger partial charge in [-0.2, -0.15) is 0 Å². The Morgan fingerprint density at radius 1 is 0.371 bits per heavy atom.